The van der Waals surface area contributed by atoms with E-state index in [2.05, 4.69) is 23.1 Å². The van der Waals surface area contributed by atoms with E-state index in [-0.39, 0.29) is 0 Å². The summed E-state index contributed by atoms with van der Waals surface area (Å²) in [6.45, 7) is 1.38. The monoisotopic (exact) mass is 430 g/mol. The van der Waals surface area contributed by atoms with Crippen LogP contribution in [-0.4, -0.2) is 61.2 Å². The first-order valence-corrected chi connectivity index (χ1v) is 9.08. The molecule has 3 aliphatic heterocycles. The molecule has 2 saturated carbocycles. The Kier molecular flexibility index (Phi) is 3.95. The van der Waals surface area contributed by atoms with Crippen LogP contribution in [0.15, 0.2) is 0 Å². The summed E-state index contributed by atoms with van der Waals surface area (Å²) in [6.07, 6.45) is 9.51. The van der Waals surface area contributed by atoms with Gasteiger partial charge in [0.25, 0.3) is 6.04 Å². The van der Waals surface area contributed by atoms with E-state index in [9.17, 15) is 40.5 Å². The van der Waals surface area contributed by atoms with E-state index in [1.54, 1.807) is 0 Å². The average molecular weight is 430 g/mol. The van der Waals surface area contributed by atoms with E-state index < -0.39 is 78.8 Å². The van der Waals surface area contributed by atoms with Gasteiger partial charge in [0, 0.05) is 20.7 Å². The molecule has 0 aromatic heterocycles. The van der Waals surface area contributed by atoms with Crippen molar-refractivity contribution >= 4 is 0 Å². The van der Waals surface area contributed by atoms with Gasteiger partial charge >= 0.3 is 0 Å². The summed E-state index contributed by atoms with van der Waals surface area (Å²) in [5, 5.41) is 50.7. The first kappa shape index (κ1) is 20.3. The van der Waals surface area contributed by atoms with Crippen molar-refractivity contribution in [2.75, 3.05) is 0 Å². The third-order valence-corrected chi connectivity index (χ3v) is 7.59. The maximum atomic E-state index is 12.3. The second-order valence-corrected chi connectivity index (χ2v) is 8.10. The fourth-order valence-electron chi connectivity index (χ4n) is 6.76. The molecule has 5 aliphatic rings. The fourth-order valence-corrected chi connectivity index (χ4v) is 6.76. The number of rotatable bonds is 4. The molecule has 14 heteroatoms. The zero-order valence-electron chi connectivity index (χ0n) is 15.8. The lowest BCUT2D eigenvalue weighted by Crippen LogP contribution is -2.72. The summed E-state index contributed by atoms with van der Waals surface area (Å²) in [6, 6.07) is -8.59. The highest BCUT2D eigenvalue weighted by Gasteiger charge is 2.92. The molecule has 0 aromatic carbocycles. The van der Waals surface area contributed by atoms with Gasteiger partial charge in [0.1, 0.15) is 22.8 Å². The predicted octanol–water partition coefficient (Wildman–Crippen LogP) is -1.38. The van der Waals surface area contributed by atoms with Gasteiger partial charge < -0.3 is 0 Å². The number of nitrogens with one attached hydrogen (secondary N) is 1. The van der Waals surface area contributed by atoms with E-state index in [0.717, 1.165) is 0 Å². The summed E-state index contributed by atoms with van der Waals surface area (Å²) in [4.78, 5) is 46.0. The van der Waals surface area contributed by atoms with Crippen LogP contribution in [-0.2, 0) is 0 Å². The molecule has 160 valence electrons. The minimum Gasteiger partial charge on any atom is -0.280 e. The minimum atomic E-state index is -1.89. The highest BCUT2D eigenvalue weighted by atomic mass is 16.7. The van der Waals surface area contributed by atoms with E-state index in [0.29, 0.717) is 5.01 Å². The van der Waals surface area contributed by atoms with E-state index in [1.807, 2.05) is 5.92 Å². The van der Waals surface area contributed by atoms with Crippen molar-refractivity contribution in [1.82, 2.24) is 10.3 Å². The highest BCUT2D eigenvalue weighted by molar-refractivity contribution is 5.43. The molecule has 14 nitrogen and oxygen atoms in total. The van der Waals surface area contributed by atoms with Crippen LogP contribution in [0.2, 0.25) is 0 Å². The average Bonchev–Trinajstić information content (AvgIpc) is 3.07. The molecule has 0 aromatic rings. The molecule has 0 radical (unpaired) electrons. The zero-order chi connectivity index (χ0) is 23.0. The highest BCUT2D eigenvalue weighted by Crippen LogP contribution is 2.68. The molecule has 10 unspecified atom stereocenters. The van der Waals surface area contributed by atoms with Crippen molar-refractivity contribution in [1.29, 1.82) is 0 Å². The molecule has 5 rings (SSSR count). The lowest BCUT2D eigenvalue weighted by atomic mass is 9.54. The maximum Gasteiger partial charge on any atom is 0.259 e. The van der Waals surface area contributed by atoms with Crippen LogP contribution < -0.4 is 5.32 Å². The number of hydrogen-bond acceptors (Lipinski definition) is 9. The van der Waals surface area contributed by atoms with Gasteiger partial charge in [-0.05, 0) is 11.8 Å². The SMILES string of the molecule is C#CC#CC12C3NC4C([N+](=O)[O-])C(C(C1[N+](=O)[O-])N3[N+](=O)[O-])C([N+](=O)[O-])C4(C#C)C2C. The summed E-state index contributed by atoms with van der Waals surface area (Å²) in [7, 11) is 0. The molecule has 3 saturated heterocycles. The summed E-state index contributed by atoms with van der Waals surface area (Å²) >= 11 is 0. The van der Waals surface area contributed by atoms with Crippen molar-refractivity contribution in [2.45, 2.75) is 43.3 Å². The quantitative estimate of drug-likeness (QED) is 0.316. The Morgan fingerprint density at radius 1 is 0.968 bits per heavy atom. The number of nitro groups is 4. The van der Waals surface area contributed by atoms with Crippen LogP contribution in [0.4, 0.5) is 0 Å². The predicted molar refractivity (Wildman–Crippen MR) is 98.6 cm³/mol. The number of hydrazine groups is 1. The van der Waals surface area contributed by atoms with Crippen molar-refractivity contribution in [2.24, 2.45) is 22.7 Å². The Hall–Kier alpha value is -3.96. The van der Waals surface area contributed by atoms with E-state index in [1.165, 1.54) is 6.92 Å². The molecule has 0 spiro atoms. The van der Waals surface area contributed by atoms with Crippen LogP contribution in [0, 0.1) is 99.7 Å². The summed E-state index contributed by atoms with van der Waals surface area (Å²) < 4.78 is 0. The van der Waals surface area contributed by atoms with Crippen LogP contribution in [0.1, 0.15) is 6.92 Å². The molecule has 1 N–H and O–H groups in total. The van der Waals surface area contributed by atoms with Crippen LogP contribution in [0.25, 0.3) is 0 Å². The summed E-state index contributed by atoms with van der Waals surface area (Å²) in [5.41, 5.74) is -3.74. The fraction of sp³-hybridized carbons (Fsp3) is 0.647. The zero-order valence-corrected chi connectivity index (χ0v) is 15.8. The van der Waals surface area contributed by atoms with Crippen LogP contribution >= 0.6 is 0 Å². The summed E-state index contributed by atoms with van der Waals surface area (Å²) in [5.74, 6) is 6.34. The van der Waals surface area contributed by atoms with Gasteiger partial charge in [0.05, 0.1) is 0 Å². The van der Waals surface area contributed by atoms with Gasteiger partial charge in [-0.2, -0.15) is 0 Å². The van der Waals surface area contributed by atoms with Crippen LogP contribution in [0.3, 0.4) is 0 Å². The second kappa shape index (κ2) is 6.03. The number of hydrogen-bond donors (Lipinski definition) is 1. The van der Waals surface area contributed by atoms with Crippen molar-refractivity contribution in [3.8, 4) is 36.5 Å². The molecule has 5 fully saturated rings. The number of nitrogens with zero attached hydrogens (tertiary/aromatic N) is 5. The van der Waals surface area contributed by atoms with Gasteiger partial charge in [0.15, 0.2) is 17.2 Å². The number of piperidine rings is 1. The molecule has 10 atom stereocenters. The lowest BCUT2D eigenvalue weighted by molar-refractivity contribution is -0.683. The largest absolute Gasteiger partial charge is 0.280 e. The first-order chi connectivity index (χ1) is 14.5. The normalized spacial score (nSPS) is 45.7. The Morgan fingerprint density at radius 3 is 2.03 bits per heavy atom. The second-order valence-electron chi connectivity index (χ2n) is 8.10. The van der Waals surface area contributed by atoms with Gasteiger partial charge in [0.2, 0.25) is 12.1 Å². The molecule has 3 heterocycles. The molecule has 6 bridgehead atoms. The molecular formula is C17H14N6O8. The van der Waals surface area contributed by atoms with Crippen molar-refractivity contribution < 1.29 is 19.8 Å². The third kappa shape index (κ3) is 1.94. The van der Waals surface area contributed by atoms with Crippen molar-refractivity contribution in [3.63, 3.8) is 0 Å². The van der Waals surface area contributed by atoms with E-state index in [4.69, 9.17) is 12.8 Å². The van der Waals surface area contributed by atoms with Gasteiger partial charge in [-0.3, -0.25) is 35.7 Å². The smallest absolute Gasteiger partial charge is 0.259 e. The maximum absolute atomic E-state index is 12.3. The first-order valence-electron chi connectivity index (χ1n) is 9.08. The Labute approximate surface area is 173 Å². The van der Waals surface area contributed by atoms with E-state index >= 15 is 0 Å². The molecule has 31 heavy (non-hydrogen) atoms. The molecule has 0 amide bonds. The van der Waals surface area contributed by atoms with Gasteiger partial charge in [-0.15, -0.1) is 12.8 Å². The standard InChI is InChI=1S/C17H14N6O8/c1-4-6-7-17-8(3)16(5-2)12-10(20(24)25)9(13(16)21(26)27)11(14(17)22(28)29)19(23(30)31)15(17)18-12/h1-2,8-15,18H,3H3. The Balaban J connectivity index is 2.18. The lowest BCUT2D eigenvalue weighted by Gasteiger charge is -2.50. The van der Waals surface area contributed by atoms with Gasteiger partial charge in [-0.1, -0.05) is 23.8 Å². The van der Waals surface area contributed by atoms with Crippen LogP contribution in [0.5, 0.6) is 0 Å². The van der Waals surface area contributed by atoms with Crippen molar-refractivity contribution in [3.05, 3.63) is 40.5 Å². The molecular weight excluding hydrogens is 416 g/mol. The third-order valence-electron chi connectivity index (χ3n) is 7.59. The number of terminal acetylenes is 2. The Bertz CT molecular complexity index is 1080. The minimum absolute atomic E-state index is 0.479. The topological polar surface area (TPSA) is 188 Å². The Morgan fingerprint density at radius 2 is 1.58 bits per heavy atom. The molecule has 2 aliphatic carbocycles. The van der Waals surface area contributed by atoms with Gasteiger partial charge in [-0.25, -0.2) is 10.1 Å².